The summed E-state index contributed by atoms with van der Waals surface area (Å²) in [4.78, 5) is 28.8. The fraction of sp³-hybridized carbons (Fsp3) is 0.167. The van der Waals surface area contributed by atoms with Crippen molar-refractivity contribution in [2.75, 3.05) is 5.32 Å². The number of aromatic nitrogens is 6. The quantitative estimate of drug-likeness (QED) is 0.222. The van der Waals surface area contributed by atoms with Crippen molar-refractivity contribution in [2.24, 2.45) is 5.41 Å². The van der Waals surface area contributed by atoms with Crippen molar-refractivity contribution in [1.29, 1.82) is 0 Å². The second-order valence-corrected chi connectivity index (χ2v) is 10.8. The van der Waals surface area contributed by atoms with Crippen molar-refractivity contribution in [2.45, 2.75) is 27.2 Å². The second-order valence-electron chi connectivity index (χ2n) is 10.8. The standard InChI is InChI=1S/C30H25F2N7O/c1-30(2,3)13-24(40)35-18-10-17(14-33-15-18)16-11-21-25(23(32)12-16)38-39-27(21)29-36-26-20(8-9-34-28(26)37-29)19-6-4-5-7-22(19)31/h4-12,14-15H,13H2,1-3H3,(H,35,40)(H,38,39)(H,34,36,37). The molecule has 4 heterocycles. The van der Waals surface area contributed by atoms with Gasteiger partial charge in [0.1, 0.15) is 17.0 Å². The lowest BCUT2D eigenvalue weighted by atomic mass is 9.92. The summed E-state index contributed by atoms with van der Waals surface area (Å²) in [7, 11) is 0. The Kier molecular flexibility index (Phi) is 6.10. The zero-order valence-corrected chi connectivity index (χ0v) is 22.0. The molecule has 0 atom stereocenters. The summed E-state index contributed by atoms with van der Waals surface area (Å²) in [5.41, 5.74) is 4.07. The molecule has 40 heavy (non-hydrogen) atoms. The minimum absolute atomic E-state index is 0.126. The van der Waals surface area contributed by atoms with Gasteiger partial charge in [-0.2, -0.15) is 5.10 Å². The van der Waals surface area contributed by atoms with E-state index >= 15 is 4.39 Å². The van der Waals surface area contributed by atoms with Crippen molar-refractivity contribution >= 4 is 33.7 Å². The highest BCUT2D eigenvalue weighted by atomic mass is 19.1. The highest BCUT2D eigenvalue weighted by Gasteiger charge is 2.20. The van der Waals surface area contributed by atoms with E-state index in [1.165, 1.54) is 12.1 Å². The Hall–Kier alpha value is -4.99. The Labute approximate surface area is 227 Å². The second kappa shape index (κ2) is 9.64. The van der Waals surface area contributed by atoms with Gasteiger partial charge in [0.05, 0.1) is 17.4 Å². The third kappa shape index (κ3) is 4.79. The minimum atomic E-state index is -0.529. The molecule has 1 amide bonds. The van der Waals surface area contributed by atoms with Gasteiger partial charge in [0.2, 0.25) is 5.91 Å². The van der Waals surface area contributed by atoms with Gasteiger partial charge in [0, 0.05) is 40.9 Å². The average Bonchev–Trinajstić information content (AvgIpc) is 3.52. The van der Waals surface area contributed by atoms with E-state index in [2.05, 4.69) is 35.5 Å². The molecule has 0 bridgehead atoms. The number of amides is 1. The lowest BCUT2D eigenvalue weighted by Gasteiger charge is -2.17. The summed E-state index contributed by atoms with van der Waals surface area (Å²) >= 11 is 0. The van der Waals surface area contributed by atoms with Crippen LogP contribution in [0, 0.1) is 17.0 Å². The van der Waals surface area contributed by atoms with Crippen LogP contribution in [0.5, 0.6) is 0 Å². The monoisotopic (exact) mass is 537 g/mol. The Morgan fingerprint density at radius 1 is 0.975 bits per heavy atom. The van der Waals surface area contributed by atoms with Crippen molar-refractivity contribution in [3.05, 3.63) is 78.8 Å². The number of aromatic amines is 2. The predicted octanol–water partition coefficient (Wildman–Crippen LogP) is 6.88. The lowest BCUT2D eigenvalue weighted by molar-refractivity contribution is -0.117. The number of rotatable bonds is 5. The molecule has 0 saturated heterocycles. The number of nitrogens with one attached hydrogen (secondary N) is 3. The Morgan fingerprint density at radius 2 is 1.80 bits per heavy atom. The first-order chi connectivity index (χ1) is 19.2. The zero-order valence-electron chi connectivity index (χ0n) is 22.0. The number of hydrogen-bond donors (Lipinski definition) is 3. The number of H-pyrrole nitrogens is 2. The molecule has 6 aromatic rings. The van der Waals surface area contributed by atoms with Crippen molar-refractivity contribution in [3.63, 3.8) is 0 Å². The average molecular weight is 538 g/mol. The van der Waals surface area contributed by atoms with Gasteiger partial charge in [-0.15, -0.1) is 0 Å². The molecule has 2 aromatic carbocycles. The Morgan fingerprint density at radius 3 is 2.60 bits per heavy atom. The number of hydrogen-bond acceptors (Lipinski definition) is 5. The van der Waals surface area contributed by atoms with E-state index in [1.807, 2.05) is 20.8 Å². The van der Waals surface area contributed by atoms with E-state index in [4.69, 9.17) is 0 Å². The van der Waals surface area contributed by atoms with Gasteiger partial charge < -0.3 is 10.3 Å². The summed E-state index contributed by atoms with van der Waals surface area (Å²) in [6, 6.07) is 13.1. The fourth-order valence-electron chi connectivity index (χ4n) is 4.71. The van der Waals surface area contributed by atoms with Crippen LogP contribution in [0.4, 0.5) is 14.5 Å². The third-order valence-electron chi connectivity index (χ3n) is 6.45. The molecule has 8 nitrogen and oxygen atoms in total. The molecule has 200 valence electrons. The first kappa shape index (κ1) is 25.3. The molecule has 0 radical (unpaired) electrons. The molecule has 0 aliphatic rings. The maximum atomic E-state index is 15.2. The fourth-order valence-corrected chi connectivity index (χ4v) is 4.71. The molecule has 4 aromatic heterocycles. The lowest BCUT2D eigenvalue weighted by Crippen LogP contribution is -2.19. The van der Waals surface area contributed by atoms with E-state index in [9.17, 15) is 9.18 Å². The molecular weight excluding hydrogens is 512 g/mol. The highest BCUT2D eigenvalue weighted by Crippen LogP contribution is 2.34. The molecular formula is C30H25F2N7O. The molecule has 0 aliphatic carbocycles. The van der Waals surface area contributed by atoms with E-state index in [0.717, 1.165) is 0 Å². The predicted molar refractivity (Wildman–Crippen MR) is 150 cm³/mol. The first-order valence-corrected chi connectivity index (χ1v) is 12.7. The number of carbonyl (C=O) groups excluding carboxylic acids is 1. The van der Waals surface area contributed by atoms with Crippen LogP contribution in [0.3, 0.4) is 0 Å². The van der Waals surface area contributed by atoms with Gasteiger partial charge in [-0.05, 0) is 41.3 Å². The number of halogens is 2. The summed E-state index contributed by atoms with van der Waals surface area (Å²) < 4.78 is 29.8. The topological polar surface area (TPSA) is 112 Å². The summed E-state index contributed by atoms with van der Waals surface area (Å²) in [5, 5.41) is 10.4. The molecule has 0 saturated carbocycles. The highest BCUT2D eigenvalue weighted by molar-refractivity contribution is 5.98. The van der Waals surface area contributed by atoms with Gasteiger partial charge in [-0.1, -0.05) is 39.0 Å². The number of fused-ring (bicyclic) bond motifs is 2. The maximum Gasteiger partial charge on any atom is 0.224 e. The smallest absolute Gasteiger partial charge is 0.224 e. The van der Waals surface area contributed by atoms with E-state index < -0.39 is 5.82 Å². The van der Waals surface area contributed by atoms with Crippen LogP contribution in [0.15, 0.2) is 67.1 Å². The number of benzene rings is 2. The van der Waals surface area contributed by atoms with Crippen molar-refractivity contribution in [1.82, 2.24) is 30.1 Å². The van der Waals surface area contributed by atoms with Crippen LogP contribution in [0.2, 0.25) is 0 Å². The molecule has 10 heteroatoms. The third-order valence-corrected chi connectivity index (χ3v) is 6.45. The van der Waals surface area contributed by atoms with Crippen LogP contribution in [-0.2, 0) is 4.79 Å². The van der Waals surface area contributed by atoms with Gasteiger partial charge >= 0.3 is 0 Å². The van der Waals surface area contributed by atoms with E-state index in [1.54, 1.807) is 55.0 Å². The van der Waals surface area contributed by atoms with E-state index in [-0.39, 0.29) is 22.7 Å². The Balaban J connectivity index is 1.40. The van der Waals surface area contributed by atoms with Gasteiger partial charge in [0.15, 0.2) is 17.3 Å². The summed E-state index contributed by atoms with van der Waals surface area (Å²) in [6.45, 7) is 5.96. The van der Waals surface area contributed by atoms with Crippen LogP contribution >= 0.6 is 0 Å². The number of imidazole rings is 1. The van der Waals surface area contributed by atoms with Crippen LogP contribution in [0.25, 0.3) is 55.8 Å². The van der Waals surface area contributed by atoms with Gasteiger partial charge in [-0.25, -0.2) is 18.7 Å². The van der Waals surface area contributed by atoms with Crippen LogP contribution < -0.4 is 5.32 Å². The van der Waals surface area contributed by atoms with Crippen molar-refractivity contribution in [3.8, 4) is 33.8 Å². The van der Waals surface area contributed by atoms with E-state index in [0.29, 0.717) is 62.4 Å². The summed E-state index contributed by atoms with van der Waals surface area (Å²) in [6.07, 6.45) is 5.07. The largest absolute Gasteiger partial charge is 0.335 e. The number of carbonyl (C=O) groups is 1. The molecule has 0 aliphatic heterocycles. The van der Waals surface area contributed by atoms with Crippen LogP contribution in [0.1, 0.15) is 27.2 Å². The zero-order chi connectivity index (χ0) is 28.0. The number of nitrogens with zero attached hydrogens (tertiary/aromatic N) is 4. The molecule has 6 rings (SSSR count). The molecule has 0 unspecified atom stereocenters. The normalized spacial score (nSPS) is 11.8. The first-order valence-electron chi connectivity index (χ1n) is 12.7. The van der Waals surface area contributed by atoms with Crippen molar-refractivity contribution < 1.29 is 13.6 Å². The molecule has 3 N–H and O–H groups in total. The van der Waals surface area contributed by atoms with Gasteiger partial charge in [0.25, 0.3) is 0 Å². The molecule has 0 spiro atoms. The Bertz CT molecular complexity index is 1900. The van der Waals surface area contributed by atoms with Crippen LogP contribution in [-0.4, -0.2) is 36.0 Å². The SMILES string of the molecule is CC(C)(C)CC(=O)Nc1cncc(-c2cc(F)c3n[nH]c(-c4nc5nccc(-c6ccccc6F)c5[nH]4)c3c2)c1. The number of anilines is 1. The molecule has 0 fully saturated rings. The summed E-state index contributed by atoms with van der Waals surface area (Å²) in [5.74, 6) is -0.640. The van der Waals surface area contributed by atoms with Gasteiger partial charge in [-0.3, -0.25) is 14.9 Å². The minimum Gasteiger partial charge on any atom is -0.335 e. The number of pyridine rings is 2. The maximum absolute atomic E-state index is 15.2.